The van der Waals surface area contributed by atoms with Crippen LogP contribution in [0.25, 0.3) is 0 Å². The predicted molar refractivity (Wildman–Crippen MR) is 102 cm³/mol. The molecule has 160 valence electrons. The highest BCUT2D eigenvalue weighted by atomic mass is 19.4. The average molecular weight is 422 g/mol. The molecule has 2 saturated heterocycles. The summed E-state index contributed by atoms with van der Waals surface area (Å²) in [4.78, 5) is 12.2. The minimum absolute atomic E-state index is 0.0000323. The van der Waals surface area contributed by atoms with Crippen molar-refractivity contribution in [3.05, 3.63) is 65.7 Å². The molecule has 0 aromatic heterocycles. The second-order valence-corrected chi connectivity index (χ2v) is 7.22. The number of fused-ring (bicyclic) bond motifs is 1. The molecule has 0 spiro atoms. The third kappa shape index (κ3) is 4.75. The number of halogens is 3. The Morgan fingerprint density at radius 1 is 1.03 bits per heavy atom. The Balaban J connectivity index is 1.30. The van der Waals surface area contributed by atoms with Crippen molar-refractivity contribution in [3.8, 4) is 0 Å². The zero-order valence-corrected chi connectivity index (χ0v) is 15.9. The van der Waals surface area contributed by atoms with E-state index in [-0.39, 0.29) is 24.4 Å². The lowest BCUT2D eigenvalue weighted by atomic mass is 10.1. The molecule has 9 heteroatoms. The normalized spacial score (nSPS) is 25.7. The first kappa shape index (κ1) is 20.6. The number of nitrogens with one attached hydrogen (secondary N) is 2. The van der Waals surface area contributed by atoms with Gasteiger partial charge >= 0.3 is 12.3 Å². The number of anilines is 1. The largest absolute Gasteiger partial charge is 0.441 e. The maximum absolute atomic E-state index is 12.8. The summed E-state index contributed by atoms with van der Waals surface area (Å²) >= 11 is 0. The lowest BCUT2D eigenvalue weighted by Gasteiger charge is -2.18. The fraction of sp³-hybridized carbons (Fsp3) is 0.381. The Hall–Kier alpha value is -2.62. The SMILES string of the molecule is O=C(Nc1cccc(C(F)(F)F)c1)O[C@@H]1CO[C@H]2[C@H]1OC[C@H]2NCc1ccccc1. The molecule has 2 fully saturated rings. The smallest absolute Gasteiger partial charge is 0.416 e. The molecule has 2 aromatic rings. The Bertz CT molecular complexity index is 878. The Morgan fingerprint density at radius 3 is 2.57 bits per heavy atom. The van der Waals surface area contributed by atoms with Gasteiger partial charge in [0.1, 0.15) is 12.2 Å². The summed E-state index contributed by atoms with van der Waals surface area (Å²) < 4.78 is 55.3. The Kier molecular flexibility index (Phi) is 5.94. The molecule has 2 aromatic carbocycles. The number of hydrogen-bond acceptors (Lipinski definition) is 5. The molecule has 0 bridgehead atoms. The molecule has 2 aliphatic heterocycles. The van der Waals surface area contributed by atoms with Gasteiger partial charge in [0.25, 0.3) is 0 Å². The maximum Gasteiger partial charge on any atom is 0.416 e. The van der Waals surface area contributed by atoms with E-state index in [2.05, 4.69) is 10.6 Å². The zero-order chi connectivity index (χ0) is 21.1. The van der Waals surface area contributed by atoms with Crippen LogP contribution in [-0.2, 0) is 26.9 Å². The summed E-state index contributed by atoms with van der Waals surface area (Å²) in [5.41, 5.74) is 0.281. The molecule has 2 aliphatic rings. The molecule has 0 unspecified atom stereocenters. The van der Waals surface area contributed by atoms with Crippen LogP contribution in [-0.4, -0.2) is 43.7 Å². The van der Waals surface area contributed by atoms with E-state index in [0.717, 1.165) is 17.7 Å². The van der Waals surface area contributed by atoms with Crippen LogP contribution in [0.5, 0.6) is 0 Å². The molecule has 0 radical (unpaired) electrons. The summed E-state index contributed by atoms with van der Waals surface area (Å²) in [6.07, 6.45) is -6.67. The van der Waals surface area contributed by atoms with E-state index >= 15 is 0 Å². The Morgan fingerprint density at radius 2 is 1.80 bits per heavy atom. The first-order chi connectivity index (χ1) is 14.4. The quantitative estimate of drug-likeness (QED) is 0.771. The summed E-state index contributed by atoms with van der Waals surface area (Å²) in [6.45, 7) is 1.23. The van der Waals surface area contributed by atoms with Crippen LogP contribution in [0.15, 0.2) is 54.6 Å². The summed E-state index contributed by atoms with van der Waals surface area (Å²) in [6, 6.07) is 14.2. The van der Waals surface area contributed by atoms with Crippen LogP contribution in [0.1, 0.15) is 11.1 Å². The molecule has 6 nitrogen and oxygen atoms in total. The van der Waals surface area contributed by atoms with Gasteiger partial charge in [-0.3, -0.25) is 5.32 Å². The van der Waals surface area contributed by atoms with Gasteiger partial charge in [-0.1, -0.05) is 36.4 Å². The van der Waals surface area contributed by atoms with Gasteiger partial charge in [-0.05, 0) is 23.8 Å². The minimum Gasteiger partial charge on any atom is -0.441 e. The molecule has 4 rings (SSSR count). The highest BCUT2D eigenvalue weighted by Crippen LogP contribution is 2.31. The van der Waals surface area contributed by atoms with Crippen molar-refractivity contribution in [3.63, 3.8) is 0 Å². The van der Waals surface area contributed by atoms with Crippen molar-refractivity contribution in [2.24, 2.45) is 0 Å². The zero-order valence-electron chi connectivity index (χ0n) is 15.9. The van der Waals surface area contributed by atoms with E-state index in [4.69, 9.17) is 14.2 Å². The van der Waals surface area contributed by atoms with Gasteiger partial charge in [-0.2, -0.15) is 13.2 Å². The summed E-state index contributed by atoms with van der Waals surface area (Å²) in [7, 11) is 0. The van der Waals surface area contributed by atoms with E-state index in [1.54, 1.807) is 0 Å². The summed E-state index contributed by atoms with van der Waals surface area (Å²) in [5, 5.41) is 5.72. The lowest BCUT2D eigenvalue weighted by molar-refractivity contribution is -0.137. The van der Waals surface area contributed by atoms with Crippen LogP contribution in [0, 0.1) is 0 Å². The predicted octanol–water partition coefficient (Wildman–Crippen LogP) is 3.58. The van der Waals surface area contributed by atoms with Crippen LogP contribution in [0.4, 0.5) is 23.7 Å². The number of hydrogen-bond donors (Lipinski definition) is 2. The maximum atomic E-state index is 12.8. The van der Waals surface area contributed by atoms with Crippen molar-refractivity contribution < 1.29 is 32.2 Å². The van der Waals surface area contributed by atoms with Crippen LogP contribution < -0.4 is 10.6 Å². The number of carbonyl (C=O) groups is 1. The van der Waals surface area contributed by atoms with Crippen LogP contribution in [0.3, 0.4) is 0 Å². The number of alkyl halides is 3. The molecule has 2 heterocycles. The van der Waals surface area contributed by atoms with E-state index < -0.39 is 30.0 Å². The fourth-order valence-electron chi connectivity index (χ4n) is 3.64. The second kappa shape index (κ2) is 8.63. The number of benzene rings is 2. The van der Waals surface area contributed by atoms with E-state index in [0.29, 0.717) is 13.2 Å². The van der Waals surface area contributed by atoms with E-state index in [1.165, 1.54) is 12.1 Å². The van der Waals surface area contributed by atoms with E-state index in [1.807, 2.05) is 30.3 Å². The summed E-state index contributed by atoms with van der Waals surface area (Å²) in [5.74, 6) is 0. The van der Waals surface area contributed by atoms with Crippen molar-refractivity contribution in [2.45, 2.75) is 37.1 Å². The highest BCUT2D eigenvalue weighted by molar-refractivity contribution is 5.84. The van der Waals surface area contributed by atoms with Gasteiger partial charge in [-0.15, -0.1) is 0 Å². The minimum atomic E-state index is -4.49. The average Bonchev–Trinajstić information content (AvgIpc) is 3.30. The third-order valence-electron chi connectivity index (χ3n) is 5.11. The fourth-order valence-corrected chi connectivity index (χ4v) is 3.64. The first-order valence-corrected chi connectivity index (χ1v) is 9.55. The molecule has 1 amide bonds. The van der Waals surface area contributed by atoms with E-state index in [9.17, 15) is 18.0 Å². The molecule has 2 N–H and O–H groups in total. The van der Waals surface area contributed by atoms with Crippen LogP contribution >= 0.6 is 0 Å². The van der Waals surface area contributed by atoms with Gasteiger partial charge in [-0.25, -0.2) is 4.79 Å². The molecule has 4 atom stereocenters. The van der Waals surface area contributed by atoms with Gasteiger partial charge in [0.2, 0.25) is 0 Å². The van der Waals surface area contributed by atoms with Gasteiger partial charge in [0.05, 0.1) is 24.8 Å². The topological polar surface area (TPSA) is 68.8 Å². The van der Waals surface area contributed by atoms with Crippen molar-refractivity contribution in [1.82, 2.24) is 5.32 Å². The number of rotatable bonds is 5. The second-order valence-electron chi connectivity index (χ2n) is 7.22. The molecule has 0 saturated carbocycles. The Labute approximate surface area is 171 Å². The number of carbonyl (C=O) groups excluding carboxylic acids is 1. The van der Waals surface area contributed by atoms with Crippen molar-refractivity contribution in [1.29, 1.82) is 0 Å². The van der Waals surface area contributed by atoms with Crippen molar-refractivity contribution >= 4 is 11.8 Å². The van der Waals surface area contributed by atoms with Gasteiger partial charge < -0.3 is 19.5 Å². The van der Waals surface area contributed by atoms with Crippen LogP contribution in [0.2, 0.25) is 0 Å². The first-order valence-electron chi connectivity index (χ1n) is 9.55. The third-order valence-corrected chi connectivity index (χ3v) is 5.11. The van der Waals surface area contributed by atoms with Crippen molar-refractivity contribution in [2.75, 3.05) is 18.5 Å². The number of ether oxygens (including phenoxy) is 3. The monoisotopic (exact) mass is 422 g/mol. The van der Waals surface area contributed by atoms with Gasteiger partial charge in [0, 0.05) is 12.2 Å². The standard InChI is InChI=1S/C21H21F3N2O4/c22-21(23,24)14-7-4-8-15(9-14)26-20(27)30-17-12-29-18-16(11-28-19(17)18)25-10-13-5-2-1-3-6-13/h1-9,16-19,25H,10-12H2,(H,26,27)/t16-,17-,18-,19+/m1/s1. The molecular weight excluding hydrogens is 401 g/mol. The lowest BCUT2D eigenvalue weighted by Crippen LogP contribution is -2.41. The highest BCUT2D eigenvalue weighted by Gasteiger charge is 2.49. The molecular formula is C21H21F3N2O4. The number of amides is 1. The molecule has 30 heavy (non-hydrogen) atoms. The van der Waals surface area contributed by atoms with Gasteiger partial charge in [0.15, 0.2) is 6.10 Å². The molecule has 0 aliphatic carbocycles.